The number of carbonyl (C=O) groups is 3. The molecule has 2 N–H and O–H groups in total. The van der Waals surface area contributed by atoms with E-state index in [1.807, 2.05) is 18.2 Å². The van der Waals surface area contributed by atoms with Crippen molar-refractivity contribution in [3.63, 3.8) is 0 Å². The number of nitrogens with one attached hydrogen (secondary N) is 2. The standard InChI is InChI=1S/C37H31N9O6/c1-21-16-22(33-40-20-29-35(42-33)51-15-14-45(29)23-9-10-27-28(17-23)44(3)37(50)43(27)2)19-39-32(21)34(48)38-12-5-6-24-18-25-26(7-4-8-30(25)52-24)46-13-11-31(47)41-36(46)49/h4,7-10,16-20H,11-15H2,1-3H3,(H,38,48)(H,41,47,49). The van der Waals surface area contributed by atoms with E-state index in [2.05, 4.69) is 42.3 Å². The van der Waals surface area contributed by atoms with E-state index < -0.39 is 11.9 Å². The molecule has 6 heterocycles. The highest BCUT2D eigenvalue weighted by Crippen LogP contribution is 2.37. The van der Waals surface area contributed by atoms with Gasteiger partial charge < -0.3 is 19.4 Å². The average Bonchev–Trinajstić information content (AvgIpc) is 3.66. The lowest BCUT2D eigenvalue weighted by Gasteiger charge is -2.30. The molecule has 0 saturated carbocycles. The van der Waals surface area contributed by atoms with Crippen molar-refractivity contribution in [3.05, 3.63) is 88.4 Å². The minimum Gasteiger partial charge on any atom is -0.474 e. The Morgan fingerprint density at radius 3 is 2.63 bits per heavy atom. The number of imide groups is 1. The van der Waals surface area contributed by atoms with E-state index in [4.69, 9.17) is 9.15 Å². The fourth-order valence-electron chi connectivity index (χ4n) is 6.49. The summed E-state index contributed by atoms with van der Waals surface area (Å²) in [7, 11) is 3.51. The zero-order chi connectivity index (χ0) is 36.1. The molecule has 0 aliphatic carbocycles. The largest absolute Gasteiger partial charge is 0.474 e. The molecule has 0 unspecified atom stereocenters. The van der Waals surface area contributed by atoms with Crippen LogP contribution in [0.1, 0.15) is 28.2 Å². The second-order valence-electron chi connectivity index (χ2n) is 12.4. The predicted octanol–water partition coefficient (Wildman–Crippen LogP) is 3.54. The molecule has 1 saturated heterocycles. The van der Waals surface area contributed by atoms with Crippen molar-refractivity contribution in [2.24, 2.45) is 14.1 Å². The Morgan fingerprint density at radius 2 is 1.81 bits per heavy atom. The summed E-state index contributed by atoms with van der Waals surface area (Å²) in [4.78, 5) is 66.7. The monoisotopic (exact) mass is 697 g/mol. The maximum Gasteiger partial charge on any atom is 0.328 e. The quantitative estimate of drug-likeness (QED) is 0.254. The molecular formula is C37H31N9O6. The van der Waals surface area contributed by atoms with E-state index in [-0.39, 0.29) is 36.8 Å². The lowest BCUT2D eigenvalue weighted by Crippen LogP contribution is -2.49. The molecule has 260 valence electrons. The number of aryl methyl sites for hydroxylation is 3. The molecule has 4 amide bonds. The number of ether oxygens (including phenoxy) is 1. The van der Waals surface area contributed by atoms with Crippen molar-refractivity contribution < 1.29 is 23.5 Å². The smallest absolute Gasteiger partial charge is 0.328 e. The normalized spacial score (nSPS) is 14.1. The highest BCUT2D eigenvalue weighted by molar-refractivity contribution is 6.09. The minimum absolute atomic E-state index is 0.0392. The maximum atomic E-state index is 13.0. The second kappa shape index (κ2) is 12.7. The van der Waals surface area contributed by atoms with Crippen molar-refractivity contribution in [2.45, 2.75) is 13.3 Å². The van der Waals surface area contributed by atoms with Crippen LogP contribution in [0.5, 0.6) is 5.88 Å². The van der Waals surface area contributed by atoms with Crippen molar-refractivity contribution in [1.29, 1.82) is 0 Å². The van der Waals surface area contributed by atoms with Crippen molar-refractivity contribution >= 4 is 56.9 Å². The van der Waals surface area contributed by atoms with Crippen molar-refractivity contribution in [1.82, 2.24) is 34.7 Å². The number of nitrogens with zero attached hydrogens (tertiary/aromatic N) is 7. The summed E-state index contributed by atoms with van der Waals surface area (Å²) >= 11 is 0. The first-order valence-electron chi connectivity index (χ1n) is 16.5. The topological polar surface area (TPSA) is 170 Å². The first-order chi connectivity index (χ1) is 25.2. The van der Waals surface area contributed by atoms with Gasteiger partial charge in [-0.15, -0.1) is 0 Å². The number of amides is 4. The number of furan rings is 1. The summed E-state index contributed by atoms with van der Waals surface area (Å²) in [6, 6.07) is 14.2. The SMILES string of the molecule is Cc1cc(-c2ncc3c(n2)OCCN3c2ccc3c(c2)n(C)c(=O)n3C)cnc1C(=O)NCC#Cc1cc2c(N3CCC(=O)NC3=O)cccc2o1. The zero-order valence-corrected chi connectivity index (χ0v) is 28.4. The summed E-state index contributed by atoms with van der Waals surface area (Å²) in [6.07, 6.45) is 3.46. The lowest BCUT2D eigenvalue weighted by molar-refractivity contribution is -0.120. The number of benzene rings is 2. The summed E-state index contributed by atoms with van der Waals surface area (Å²) < 4.78 is 15.0. The molecule has 15 heteroatoms. The molecule has 6 aromatic rings. The van der Waals surface area contributed by atoms with Crippen LogP contribution in [0, 0.1) is 18.8 Å². The number of pyridine rings is 1. The third kappa shape index (κ3) is 5.65. The Balaban J connectivity index is 0.947. The lowest BCUT2D eigenvalue weighted by atomic mass is 10.1. The number of anilines is 3. The molecule has 0 radical (unpaired) electrons. The Bertz CT molecular complexity index is 2590. The van der Waals surface area contributed by atoms with Crippen LogP contribution < -0.4 is 30.9 Å². The molecule has 0 atom stereocenters. The molecular weight excluding hydrogens is 666 g/mol. The van der Waals surface area contributed by atoms with Crippen LogP contribution in [0.3, 0.4) is 0 Å². The van der Waals surface area contributed by atoms with E-state index in [0.717, 1.165) is 16.7 Å². The highest BCUT2D eigenvalue weighted by Gasteiger charge is 2.27. The molecule has 2 aliphatic rings. The Labute approximate surface area is 295 Å². The Hall–Kier alpha value is -6.95. The summed E-state index contributed by atoms with van der Waals surface area (Å²) in [6.45, 7) is 3.08. The van der Waals surface area contributed by atoms with Gasteiger partial charge in [-0.25, -0.2) is 14.6 Å². The van der Waals surface area contributed by atoms with Crippen LogP contribution in [0.4, 0.5) is 21.9 Å². The predicted molar refractivity (Wildman–Crippen MR) is 192 cm³/mol. The molecule has 52 heavy (non-hydrogen) atoms. The van der Waals surface area contributed by atoms with E-state index in [0.29, 0.717) is 64.1 Å². The second-order valence-corrected chi connectivity index (χ2v) is 12.4. The fourth-order valence-corrected chi connectivity index (χ4v) is 6.49. The van der Waals surface area contributed by atoms with Crippen LogP contribution in [-0.2, 0) is 18.9 Å². The maximum absolute atomic E-state index is 13.0. The number of imidazole rings is 1. The third-order valence-corrected chi connectivity index (χ3v) is 9.13. The molecule has 2 aromatic carbocycles. The van der Waals surface area contributed by atoms with Gasteiger partial charge in [0.2, 0.25) is 11.8 Å². The number of fused-ring (bicyclic) bond motifs is 3. The molecule has 4 aromatic heterocycles. The number of urea groups is 1. The van der Waals surface area contributed by atoms with Crippen molar-refractivity contribution in [3.8, 4) is 29.1 Å². The molecule has 15 nitrogen and oxygen atoms in total. The van der Waals surface area contributed by atoms with Gasteiger partial charge in [0, 0.05) is 56.0 Å². The molecule has 0 spiro atoms. The van der Waals surface area contributed by atoms with Crippen molar-refractivity contribution in [2.75, 3.05) is 36.0 Å². The van der Waals surface area contributed by atoms with Crippen LogP contribution in [0.25, 0.3) is 33.4 Å². The van der Waals surface area contributed by atoms with Crippen LogP contribution in [-0.4, -0.2) is 68.2 Å². The molecule has 8 rings (SSSR count). The first-order valence-corrected chi connectivity index (χ1v) is 16.5. The zero-order valence-electron chi connectivity index (χ0n) is 28.4. The third-order valence-electron chi connectivity index (χ3n) is 9.13. The Morgan fingerprint density at radius 1 is 0.962 bits per heavy atom. The number of hydrogen-bond acceptors (Lipinski definition) is 10. The van der Waals surface area contributed by atoms with Gasteiger partial charge in [-0.05, 0) is 54.8 Å². The van der Waals surface area contributed by atoms with Crippen LogP contribution >= 0.6 is 0 Å². The minimum atomic E-state index is -0.484. The summed E-state index contributed by atoms with van der Waals surface area (Å²) in [5.74, 6) is 6.30. The number of hydrogen-bond donors (Lipinski definition) is 2. The molecule has 2 aliphatic heterocycles. The van der Waals surface area contributed by atoms with Crippen LogP contribution in [0.2, 0.25) is 0 Å². The van der Waals surface area contributed by atoms with Gasteiger partial charge >= 0.3 is 11.7 Å². The summed E-state index contributed by atoms with van der Waals surface area (Å²) in [5, 5.41) is 5.78. The highest BCUT2D eigenvalue weighted by atomic mass is 16.5. The molecule has 0 bridgehead atoms. The molecule has 1 fully saturated rings. The van der Waals surface area contributed by atoms with Gasteiger partial charge in [0.1, 0.15) is 23.6 Å². The van der Waals surface area contributed by atoms with E-state index >= 15 is 0 Å². The summed E-state index contributed by atoms with van der Waals surface area (Å²) in [5.41, 5.74) is 5.81. The van der Waals surface area contributed by atoms with Crippen LogP contribution in [0.15, 0.2) is 70.1 Å². The van der Waals surface area contributed by atoms with Gasteiger partial charge in [-0.3, -0.25) is 33.9 Å². The van der Waals surface area contributed by atoms with Gasteiger partial charge in [0.05, 0.1) is 36.0 Å². The first kappa shape index (κ1) is 32.3. The number of aromatic nitrogens is 5. The van der Waals surface area contributed by atoms with Gasteiger partial charge in [0.25, 0.3) is 5.91 Å². The fraction of sp³-hybridized carbons (Fsp3) is 0.216. The van der Waals surface area contributed by atoms with E-state index in [1.54, 1.807) is 72.9 Å². The van der Waals surface area contributed by atoms with Gasteiger partial charge in [-0.1, -0.05) is 12.0 Å². The van der Waals surface area contributed by atoms with Gasteiger partial charge in [0.15, 0.2) is 11.6 Å². The van der Waals surface area contributed by atoms with E-state index in [9.17, 15) is 19.2 Å². The number of rotatable bonds is 5. The van der Waals surface area contributed by atoms with E-state index in [1.165, 1.54) is 4.90 Å². The average molecular weight is 698 g/mol. The number of carbonyl (C=O) groups excluding carboxylic acids is 3. The Kier molecular flexibility index (Phi) is 7.91. The van der Waals surface area contributed by atoms with Gasteiger partial charge in [-0.2, -0.15) is 4.98 Å².